The fourth-order valence-electron chi connectivity index (χ4n) is 1.71. The van der Waals surface area contributed by atoms with Crippen LogP contribution in [0.2, 0.25) is 0 Å². The molecular weight excluding hydrogens is 234 g/mol. The Bertz CT molecular complexity index is 640. The molecule has 0 aliphatic rings. The highest BCUT2D eigenvalue weighted by Gasteiger charge is 2.10. The number of fused-ring (bicyclic) bond motifs is 1. The highest BCUT2D eigenvalue weighted by atomic mass is 16.5. The summed E-state index contributed by atoms with van der Waals surface area (Å²) in [6.45, 7) is 5.26. The molecule has 18 heavy (non-hydrogen) atoms. The van der Waals surface area contributed by atoms with Crippen molar-refractivity contribution in [3.8, 4) is 0 Å². The Morgan fingerprint density at radius 1 is 1.44 bits per heavy atom. The van der Waals surface area contributed by atoms with Gasteiger partial charge in [-0.1, -0.05) is 0 Å². The van der Waals surface area contributed by atoms with Gasteiger partial charge in [-0.05, 0) is 26.8 Å². The van der Waals surface area contributed by atoms with Gasteiger partial charge in [-0.3, -0.25) is 9.59 Å². The number of hydrogen-bond acceptors (Lipinski definition) is 4. The van der Waals surface area contributed by atoms with E-state index >= 15 is 0 Å². The van der Waals surface area contributed by atoms with E-state index in [2.05, 4.69) is 5.10 Å². The number of rotatable bonds is 3. The molecule has 0 amide bonds. The fraction of sp³-hybridized carbons (Fsp3) is 0.417. The lowest BCUT2D eigenvalue weighted by molar-refractivity contribution is -0.148. The lowest BCUT2D eigenvalue weighted by Gasteiger charge is -2.09. The number of carbonyl (C=O) groups excluding carboxylic acids is 1. The van der Waals surface area contributed by atoms with Gasteiger partial charge < -0.3 is 9.30 Å². The van der Waals surface area contributed by atoms with Gasteiger partial charge in [0.15, 0.2) is 0 Å². The molecule has 0 spiro atoms. The molecule has 0 aromatic carbocycles. The predicted molar refractivity (Wildman–Crippen MR) is 65.4 cm³/mol. The average molecular weight is 249 g/mol. The maximum atomic E-state index is 12.1. The fourth-order valence-corrected chi connectivity index (χ4v) is 1.71. The molecule has 2 aromatic heterocycles. The summed E-state index contributed by atoms with van der Waals surface area (Å²) < 4.78 is 7.83. The average Bonchev–Trinajstić information content (AvgIpc) is 2.63. The Morgan fingerprint density at radius 3 is 2.83 bits per heavy atom. The van der Waals surface area contributed by atoms with Gasteiger partial charge in [0.05, 0.1) is 11.8 Å². The summed E-state index contributed by atoms with van der Waals surface area (Å²) in [7, 11) is 0. The molecular formula is C12H15N3O3. The molecule has 2 aromatic rings. The van der Waals surface area contributed by atoms with Crippen LogP contribution in [0.5, 0.6) is 0 Å². The van der Waals surface area contributed by atoms with E-state index in [0.29, 0.717) is 5.52 Å². The number of ether oxygens (including phenoxy) is 1. The second-order valence-corrected chi connectivity index (χ2v) is 4.39. The smallest absolute Gasteiger partial charge is 0.326 e. The summed E-state index contributed by atoms with van der Waals surface area (Å²) in [6, 6.07) is 1.69. The Morgan fingerprint density at radius 2 is 2.17 bits per heavy atom. The molecule has 0 radical (unpaired) electrons. The van der Waals surface area contributed by atoms with Gasteiger partial charge in [0.1, 0.15) is 12.1 Å². The van der Waals surface area contributed by atoms with Crippen LogP contribution in [0, 0.1) is 6.92 Å². The minimum absolute atomic E-state index is 0.0856. The molecule has 0 saturated heterocycles. The first-order chi connectivity index (χ1) is 8.47. The van der Waals surface area contributed by atoms with Crippen LogP contribution in [0.1, 0.15) is 19.5 Å². The highest BCUT2D eigenvalue weighted by molar-refractivity contribution is 5.69. The van der Waals surface area contributed by atoms with Crippen LogP contribution in [0.25, 0.3) is 5.52 Å². The second-order valence-electron chi connectivity index (χ2n) is 4.39. The molecule has 0 N–H and O–H groups in total. The van der Waals surface area contributed by atoms with Gasteiger partial charge in [-0.15, -0.1) is 0 Å². The molecule has 2 heterocycles. The Balaban J connectivity index is 2.32. The quantitative estimate of drug-likeness (QED) is 0.753. The van der Waals surface area contributed by atoms with Gasteiger partial charge in [-0.25, -0.2) is 4.52 Å². The van der Waals surface area contributed by atoms with Crippen LogP contribution < -0.4 is 5.56 Å². The van der Waals surface area contributed by atoms with Crippen molar-refractivity contribution in [1.29, 1.82) is 0 Å². The standard InChI is InChI=1S/C12H15N3O3/c1-8(2)18-11(16)7-14-4-5-15-10(12(14)17)6-9(3)13-15/h4-6,8H,7H2,1-3H3. The van der Waals surface area contributed by atoms with E-state index in [9.17, 15) is 9.59 Å². The number of aryl methyl sites for hydroxylation is 1. The topological polar surface area (TPSA) is 65.6 Å². The van der Waals surface area contributed by atoms with Crippen molar-refractivity contribution in [1.82, 2.24) is 14.2 Å². The number of nitrogens with zero attached hydrogens (tertiary/aromatic N) is 3. The Kier molecular flexibility index (Phi) is 3.18. The van der Waals surface area contributed by atoms with Crippen LogP contribution in [0.3, 0.4) is 0 Å². The van der Waals surface area contributed by atoms with Crippen molar-refractivity contribution in [2.75, 3.05) is 0 Å². The highest BCUT2D eigenvalue weighted by Crippen LogP contribution is 2.00. The molecule has 6 heteroatoms. The zero-order valence-electron chi connectivity index (χ0n) is 10.6. The first kappa shape index (κ1) is 12.3. The van der Waals surface area contributed by atoms with Crippen molar-refractivity contribution in [3.05, 3.63) is 34.5 Å². The molecule has 0 aliphatic carbocycles. The number of aromatic nitrogens is 3. The molecule has 2 rings (SSSR count). The van der Waals surface area contributed by atoms with Crippen LogP contribution in [0.15, 0.2) is 23.3 Å². The summed E-state index contributed by atoms with van der Waals surface area (Å²) in [4.78, 5) is 23.6. The lowest BCUT2D eigenvalue weighted by atomic mass is 10.4. The third kappa shape index (κ3) is 2.42. The van der Waals surface area contributed by atoms with Crippen molar-refractivity contribution in [2.45, 2.75) is 33.4 Å². The third-order valence-corrected chi connectivity index (χ3v) is 2.39. The van der Waals surface area contributed by atoms with Crippen LogP contribution in [-0.4, -0.2) is 26.3 Å². The van der Waals surface area contributed by atoms with E-state index in [-0.39, 0.29) is 18.2 Å². The van der Waals surface area contributed by atoms with Crippen molar-refractivity contribution in [3.63, 3.8) is 0 Å². The minimum atomic E-state index is -0.423. The van der Waals surface area contributed by atoms with E-state index < -0.39 is 5.97 Å². The van der Waals surface area contributed by atoms with E-state index in [1.807, 2.05) is 6.92 Å². The second kappa shape index (κ2) is 4.64. The molecule has 0 saturated carbocycles. The van der Waals surface area contributed by atoms with Gasteiger partial charge in [0.25, 0.3) is 5.56 Å². The van der Waals surface area contributed by atoms with E-state index in [4.69, 9.17) is 4.74 Å². The Labute approximate surface area is 104 Å². The van der Waals surface area contributed by atoms with Crippen molar-refractivity contribution < 1.29 is 9.53 Å². The van der Waals surface area contributed by atoms with Crippen molar-refractivity contribution >= 4 is 11.5 Å². The summed E-state index contributed by atoms with van der Waals surface area (Å²) in [5, 5.41) is 4.13. The number of esters is 1. The predicted octanol–water partition coefficient (Wildman–Crippen LogP) is 0.756. The third-order valence-electron chi connectivity index (χ3n) is 2.39. The van der Waals surface area contributed by atoms with E-state index in [0.717, 1.165) is 5.69 Å². The van der Waals surface area contributed by atoms with Crippen molar-refractivity contribution in [2.24, 2.45) is 0 Å². The SMILES string of the molecule is Cc1cc2c(=O)n(CC(=O)OC(C)C)ccn2n1. The zero-order chi connectivity index (χ0) is 13.3. The Hall–Kier alpha value is -2.11. The van der Waals surface area contributed by atoms with Crippen LogP contribution >= 0.6 is 0 Å². The maximum absolute atomic E-state index is 12.1. The molecule has 0 atom stereocenters. The normalized spacial score (nSPS) is 11.1. The summed E-state index contributed by atoms with van der Waals surface area (Å²) in [5.41, 5.74) is 0.959. The summed E-state index contributed by atoms with van der Waals surface area (Å²) in [6.07, 6.45) is 2.99. The first-order valence-electron chi connectivity index (χ1n) is 5.72. The molecule has 6 nitrogen and oxygen atoms in total. The molecule has 0 bridgehead atoms. The lowest BCUT2D eigenvalue weighted by Crippen LogP contribution is -2.27. The van der Waals surface area contributed by atoms with Gasteiger partial charge in [0.2, 0.25) is 0 Å². The van der Waals surface area contributed by atoms with Gasteiger partial charge in [-0.2, -0.15) is 5.10 Å². The van der Waals surface area contributed by atoms with Gasteiger partial charge in [0, 0.05) is 12.4 Å². The number of hydrogen-bond donors (Lipinski definition) is 0. The molecule has 0 aliphatic heterocycles. The van der Waals surface area contributed by atoms with Gasteiger partial charge >= 0.3 is 5.97 Å². The number of carbonyl (C=O) groups is 1. The van der Waals surface area contributed by atoms with Crippen LogP contribution in [0.4, 0.5) is 0 Å². The molecule has 0 fully saturated rings. The van der Waals surface area contributed by atoms with E-state index in [1.165, 1.54) is 15.3 Å². The first-order valence-corrected chi connectivity index (χ1v) is 5.72. The monoisotopic (exact) mass is 249 g/mol. The molecule has 96 valence electrons. The maximum Gasteiger partial charge on any atom is 0.326 e. The largest absolute Gasteiger partial charge is 0.462 e. The summed E-state index contributed by atoms with van der Waals surface area (Å²) in [5.74, 6) is -0.423. The molecule has 0 unspecified atom stereocenters. The minimum Gasteiger partial charge on any atom is -0.462 e. The zero-order valence-corrected chi connectivity index (χ0v) is 10.6. The summed E-state index contributed by atoms with van der Waals surface area (Å²) >= 11 is 0. The van der Waals surface area contributed by atoms with Crippen LogP contribution in [-0.2, 0) is 16.1 Å². The van der Waals surface area contributed by atoms with E-state index in [1.54, 1.807) is 26.1 Å².